The first-order chi connectivity index (χ1) is 16.0. The Morgan fingerprint density at radius 2 is 1.64 bits per heavy atom. The molecule has 0 aliphatic heterocycles. The maximum absolute atomic E-state index is 12.8. The maximum Gasteiger partial charge on any atom is 0.341 e. The van der Waals surface area contributed by atoms with Crippen molar-refractivity contribution in [2.24, 2.45) is 0 Å². The second-order valence-electron chi connectivity index (χ2n) is 7.02. The molecule has 3 rings (SSSR count). The zero-order valence-corrected chi connectivity index (χ0v) is 19.9. The summed E-state index contributed by atoms with van der Waals surface area (Å²) in [6.45, 7) is 6.18. The minimum Gasteiger partial charge on any atom is -0.496 e. The number of hydrogen-bond donors (Lipinski definition) is 1. The van der Waals surface area contributed by atoms with E-state index in [1.54, 1.807) is 38.3 Å². The molecular formula is C25H27NO6S. The van der Waals surface area contributed by atoms with Gasteiger partial charge in [-0.15, -0.1) is 11.3 Å². The van der Waals surface area contributed by atoms with Gasteiger partial charge in [0.15, 0.2) is 6.61 Å². The number of thiophene rings is 1. The van der Waals surface area contributed by atoms with Crippen LogP contribution < -0.4 is 19.5 Å². The fourth-order valence-electron chi connectivity index (χ4n) is 3.20. The minimum atomic E-state index is -0.514. The lowest BCUT2D eigenvalue weighted by Gasteiger charge is -2.12. The third kappa shape index (κ3) is 6.04. The van der Waals surface area contributed by atoms with Gasteiger partial charge in [-0.05, 0) is 57.2 Å². The molecule has 8 heteroatoms. The molecule has 0 radical (unpaired) electrons. The number of methoxy groups -OCH3 is 1. The molecule has 0 saturated heterocycles. The number of amides is 1. The van der Waals surface area contributed by atoms with Gasteiger partial charge < -0.3 is 24.3 Å². The van der Waals surface area contributed by atoms with E-state index in [1.165, 1.54) is 11.3 Å². The topological polar surface area (TPSA) is 83.1 Å². The van der Waals surface area contributed by atoms with Crippen molar-refractivity contribution in [3.05, 3.63) is 59.0 Å². The van der Waals surface area contributed by atoms with E-state index in [0.717, 1.165) is 16.9 Å². The lowest BCUT2D eigenvalue weighted by molar-refractivity contribution is -0.118. The van der Waals surface area contributed by atoms with Gasteiger partial charge in [0, 0.05) is 16.5 Å². The quantitative estimate of drug-likeness (QED) is 0.405. The monoisotopic (exact) mass is 469 g/mol. The number of aryl methyl sites for hydroxylation is 1. The molecule has 174 valence electrons. The summed E-state index contributed by atoms with van der Waals surface area (Å²) in [5, 5.41) is 4.99. The average Bonchev–Trinajstić information content (AvgIpc) is 3.22. The number of carbonyl (C=O) groups excluding carboxylic acids is 2. The number of carbonyl (C=O) groups is 2. The summed E-state index contributed by atoms with van der Waals surface area (Å²) in [4.78, 5) is 25.4. The highest BCUT2D eigenvalue weighted by Crippen LogP contribution is 2.40. The van der Waals surface area contributed by atoms with Crippen LogP contribution in [0.2, 0.25) is 0 Å². The SMILES string of the molecule is CCOC(=O)c1c(-c2cc(C)ccc2OC)csc1NC(=O)COc1ccc(OCC)cc1. The van der Waals surface area contributed by atoms with Gasteiger partial charge in [0.1, 0.15) is 27.8 Å². The van der Waals surface area contributed by atoms with E-state index in [1.807, 2.05) is 37.4 Å². The number of nitrogens with one attached hydrogen (secondary N) is 1. The van der Waals surface area contributed by atoms with Crippen LogP contribution in [0.3, 0.4) is 0 Å². The number of hydrogen-bond acceptors (Lipinski definition) is 7. The Hall–Kier alpha value is -3.52. The third-order valence-corrected chi connectivity index (χ3v) is 5.57. The average molecular weight is 470 g/mol. The van der Waals surface area contributed by atoms with Crippen LogP contribution in [0.15, 0.2) is 47.8 Å². The predicted octanol–water partition coefficient (Wildman–Crippen LogP) is 5.33. The van der Waals surface area contributed by atoms with E-state index >= 15 is 0 Å². The Balaban J connectivity index is 1.80. The van der Waals surface area contributed by atoms with Gasteiger partial charge in [0.25, 0.3) is 5.91 Å². The van der Waals surface area contributed by atoms with Crippen molar-refractivity contribution in [3.63, 3.8) is 0 Å². The van der Waals surface area contributed by atoms with E-state index in [0.29, 0.717) is 34.2 Å². The zero-order valence-electron chi connectivity index (χ0n) is 19.1. The van der Waals surface area contributed by atoms with E-state index in [9.17, 15) is 9.59 Å². The van der Waals surface area contributed by atoms with Crippen molar-refractivity contribution in [1.82, 2.24) is 0 Å². The summed E-state index contributed by atoms with van der Waals surface area (Å²) < 4.78 is 21.7. The summed E-state index contributed by atoms with van der Waals surface area (Å²) in [5.74, 6) is 0.987. The summed E-state index contributed by atoms with van der Waals surface area (Å²) in [6.07, 6.45) is 0. The smallest absolute Gasteiger partial charge is 0.341 e. The fraction of sp³-hybridized carbons (Fsp3) is 0.280. The van der Waals surface area contributed by atoms with Crippen LogP contribution in [-0.2, 0) is 9.53 Å². The summed E-state index contributed by atoms with van der Waals surface area (Å²) >= 11 is 1.25. The molecule has 3 aromatic rings. The minimum absolute atomic E-state index is 0.211. The number of esters is 1. The Morgan fingerprint density at radius 3 is 2.27 bits per heavy atom. The van der Waals surface area contributed by atoms with Crippen LogP contribution in [0, 0.1) is 6.92 Å². The van der Waals surface area contributed by atoms with Crippen LogP contribution in [0.5, 0.6) is 17.2 Å². The van der Waals surface area contributed by atoms with Gasteiger partial charge in [0.05, 0.1) is 20.3 Å². The van der Waals surface area contributed by atoms with Crippen molar-refractivity contribution >= 4 is 28.2 Å². The normalized spacial score (nSPS) is 10.4. The Morgan fingerprint density at radius 1 is 0.939 bits per heavy atom. The zero-order chi connectivity index (χ0) is 23.8. The molecule has 0 unspecified atom stereocenters. The highest BCUT2D eigenvalue weighted by Gasteiger charge is 2.24. The van der Waals surface area contributed by atoms with Gasteiger partial charge >= 0.3 is 5.97 Å². The molecule has 7 nitrogen and oxygen atoms in total. The predicted molar refractivity (Wildman–Crippen MR) is 129 cm³/mol. The molecule has 2 aromatic carbocycles. The van der Waals surface area contributed by atoms with Gasteiger partial charge in [-0.25, -0.2) is 4.79 Å². The molecule has 1 N–H and O–H groups in total. The molecule has 1 aromatic heterocycles. The molecule has 0 atom stereocenters. The molecule has 0 spiro atoms. The van der Waals surface area contributed by atoms with Crippen molar-refractivity contribution in [3.8, 4) is 28.4 Å². The van der Waals surface area contributed by atoms with Gasteiger partial charge in [-0.3, -0.25) is 4.79 Å². The van der Waals surface area contributed by atoms with E-state index in [4.69, 9.17) is 18.9 Å². The summed E-state index contributed by atoms with van der Waals surface area (Å²) in [6, 6.07) is 12.7. The number of benzene rings is 2. The van der Waals surface area contributed by atoms with Gasteiger partial charge in [-0.2, -0.15) is 0 Å². The van der Waals surface area contributed by atoms with Gasteiger partial charge in [-0.1, -0.05) is 11.6 Å². The number of anilines is 1. The Bertz CT molecular complexity index is 1110. The molecule has 0 bridgehead atoms. The fourth-order valence-corrected chi connectivity index (χ4v) is 4.16. The molecule has 0 aliphatic rings. The molecule has 0 fully saturated rings. The highest BCUT2D eigenvalue weighted by molar-refractivity contribution is 7.15. The molecule has 1 amide bonds. The highest BCUT2D eigenvalue weighted by atomic mass is 32.1. The van der Waals surface area contributed by atoms with E-state index < -0.39 is 5.97 Å². The first-order valence-corrected chi connectivity index (χ1v) is 11.4. The van der Waals surface area contributed by atoms with Crippen LogP contribution >= 0.6 is 11.3 Å². The molecular weight excluding hydrogens is 442 g/mol. The molecule has 0 aliphatic carbocycles. The van der Waals surface area contributed by atoms with Crippen molar-refractivity contribution in [2.45, 2.75) is 20.8 Å². The second-order valence-corrected chi connectivity index (χ2v) is 7.90. The second kappa shape index (κ2) is 11.4. The van der Waals surface area contributed by atoms with E-state index in [2.05, 4.69) is 5.32 Å². The lowest BCUT2D eigenvalue weighted by Crippen LogP contribution is -2.21. The Labute approximate surface area is 197 Å². The Kier molecular flexibility index (Phi) is 8.32. The lowest BCUT2D eigenvalue weighted by atomic mass is 10.0. The van der Waals surface area contributed by atoms with Gasteiger partial charge in [0.2, 0.25) is 0 Å². The molecule has 33 heavy (non-hydrogen) atoms. The molecule has 1 heterocycles. The van der Waals surface area contributed by atoms with Crippen molar-refractivity contribution in [2.75, 3.05) is 32.2 Å². The van der Waals surface area contributed by atoms with Crippen molar-refractivity contribution in [1.29, 1.82) is 0 Å². The number of rotatable bonds is 10. The molecule has 0 saturated carbocycles. The third-order valence-electron chi connectivity index (χ3n) is 4.67. The van der Waals surface area contributed by atoms with Crippen molar-refractivity contribution < 1.29 is 28.5 Å². The standard InChI is InChI=1S/C25H27NO6S/c1-5-30-17-8-10-18(11-9-17)32-14-22(27)26-24-23(25(28)31-6-2)20(15-33-24)19-13-16(3)7-12-21(19)29-4/h7-13,15H,5-6,14H2,1-4H3,(H,26,27). The largest absolute Gasteiger partial charge is 0.496 e. The van der Waals surface area contributed by atoms with Crippen LogP contribution in [0.4, 0.5) is 5.00 Å². The van der Waals surface area contributed by atoms with Crippen LogP contribution in [0.1, 0.15) is 29.8 Å². The summed E-state index contributed by atoms with van der Waals surface area (Å²) in [7, 11) is 1.57. The number of ether oxygens (including phenoxy) is 4. The maximum atomic E-state index is 12.8. The van der Waals surface area contributed by atoms with E-state index in [-0.39, 0.29) is 19.1 Å². The first kappa shape index (κ1) is 24.1. The van der Waals surface area contributed by atoms with Crippen LogP contribution in [-0.4, -0.2) is 38.8 Å². The summed E-state index contributed by atoms with van der Waals surface area (Å²) in [5.41, 5.74) is 2.70. The first-order valence-electron chi connectivity index (χ1n) is 10.6. The van der Waals surface area contributed by atoms with Crippen LogP contribution in [0.25, 0.3) is 11.1 Å².